The molecule has 40 heavy (non-hydrogen) atoms. The quantitative estimate of drug-likeness (QED) is 0.356. The van der Waals surface area contributed by atoms with Crippen LogP contribution in [0.5, 0.6) is 0 Å². The maximum Gasteiger partial charge on any atom is 0.408 e. The maximum absolute atomic E-state index is 14.1. The molecule has 2 atom stereocenters. The minimum atomic E-state index is -1.03. The number of esters is 1. The van der Waals surface area contributed by atoms with Gasteiger partial charge in [-0.2, -0.15) is 0 Å². The topological polar surface area (TPSA) is 114 Å². The summed E-state index contributed by atoms with van der Waals surface area (Å²) in [5, 5.41) is 5.48. The van der Waals surface area contributed by atoms with E-state index in [9.17, 15) is 19.2 Å². The van der Waals surface area contributed by atoms with E-state index in [1.54, 1.807) is 58.9 Å². The van der Waals surface area contributed by atoms with Crippen LogP contribution in [0.25, 0.3) is 6.08 Å². The highest BCUT2D eigenvalue weighted by molar-refractivity contribution is 5.92. The van der Waals surface area contributed by atoms with Crippen LogP contribution in [0.2, 0.25) is 0 Å². The Morgan fingerprint density at radius 3 is 2.33 bits per heavy atom. The minimum Gasteiger partial charge on any atom is -0.466 e. The number of alkyl carbamates (subject to hydrolysis) is 1. The lowest BCUT2D eigenvalue weighted by Gasteiger charge is -2.34. The van der Waals surface area contributed by atoms with Gasteiger partial charge >= 0.3 is 12.1 Å². The average Bonchev–Trinajstić information content (AvgIpc) is 2.90. The van der Waals surface area contributed by atoms with Gasteiger partial charge in [0.1, 0.15) is 17.7 Å². The number of amides is 3. The van der Waals surface area contributed by atoms with E-state index in [0.29, 0.717) is 5.56 Å². The number of likely N-dealkylation sites (N-methyl/N-ethyl adjacent to an activating group) is 1. The van der Waals surface area contributed by atoms with Gasteiger partial charge in [0.25, 0.3) is 0 Å². The van der Waals surface area contributed by atoms with Gasteiger partial charge in [0.2, 0.25) is 11.8 Å². The Labute approximate surface area is 236 Å². The molecule has 0 aromatic heterocycles. The van der Waals surface area contributed by atoms with Crippen LogP contribution in [0.15, 0.2) is 61.2 Å². The summed E-state index contributed by atoms with van der Waals surface area (Å²) >= 11 is 0. The highest BCUT2D eigenvalue weighted by Crippen LogP contribution is 2.24. The first-order chi connectivity index (χ1) is 19.0. The molecule has 0 radical (unpaired) electrons. The molecular weight excluding hydrogens is 510 g/mol. The third-order valence-corrected chi connectivity index (χ3v) is 5.85. The van der Waals surface area contributed by atoms with Crippen LogP contribution in [0, 0.1) is 0 Å². The molecule has 216 valence electrons. The molecular formula is C31H41N3O6. The number of carbonyl (C=O) groups excluding carboxylic acids is 4. The average molecular weight is 552 g/mol. The Hall–Kier alpha value is -4.14. The summed E-state index contributed by atoms with van der Waals surface area (Å²) in [6.45, 7) is 13.0. The Bertz CT molecular complexity index is 1160. The van der Waals surface area contributed by atoms with Crippen molar-refractivity contribution in [3.8, 4) is 0 Å². The Kier molecular flexibility index (Phi) is 12.4. The molecule has 0 aliphatic carbocycles. The number of hydrogen-bond donors (Lipinski definition) is 2. The molecule has 0 aliphatic rings. The van der Waals surface area contributed by atoms with Gasteiger partial charge in [-0.15, -0.1) is 0 Å². The fourth-order valence-corrected chi connectivity index (χ4v) is 4.11. The zero-order valence-electron chi connectivity index (χ0n) is 24.1. The molecule has 2 unspecified atom stereocenters. The van der Waals surface area contributed by atoms with Gasteiger partial charge < -0.3 is 25.0 Å². The van der Waals surface area contributed by atoms with Crippen molar-refractivity contribution >= 4 is 30.0 Å². The van der Waals surface area contributed by atoms with E-state index < -0.39 is 41.6 Å². The van der Waals surface area contributed by atoms with E-state index in [0.717, 1.165) is 11.1 Å². The number of nitrogens with one attached hydrogen (secondary N) is 2. The predicted octanol–water partition coefficient (Wildman–Crippen LogP) is 4.42. The Morgan fingerprint density at radius 1 is 1.02 bits per heavy atom. The van der Waals surface area contributed by atoms with Crippen molar-refractivity contribution < 1.29 is 28.7 Å². The van der Waals surface area contributed by atoms with Crippen molar-refractivity contribution in [2.45, 2.75) is 65.1 Å². The van der Waals surface area contributed by atoms with Crippen LogP contribution in [-0.2, 0) is 30.3 Å². The van der Waals surface area contributed by atoms with Gasteiger partial charge in [0, 0.05) is 19.5 Å². The van der Waals surface area contributed by atoms with Crippen LogP contribution in [0.3, 0.4) is 0 Å². The van der Waals surface area contributed by atoms with Crippen molar-refractivity contribution in [3.05, 3.63) is 77.9 Å². The molecule has 0 aliphatic heterocycles. The van der Waals surface area contributed by atoms with Gasteiger partial charge in [0.15, 0.2) is 0 Å². The molecule has 3 amide bonds. The largest absolute Gasteiger partial charge is 0.466 e. The Morgan fingerprint density at radius 2 is 1.73 bits per heavy atom. The first kappa shape index (κ1) is 32.1. The fraction of sp³-hybridized carbons (Fsp3) is 0.419. The van der Waals surface area contributed by atoms with Gasteiger partial charge in [-0.3, -0.25) is 14.4 Å². The van der Waals surface area contributed by atoms with Gasteiger partial charge in [-0.05, 0) is 57.4 Å². The van der Waals surface area contributed by atoms with Crippen LogP contribution < -0.4 is 10.6 Å². The van der Waals surface area contributed by atoms with Crippen molar-refractivity contribution in [3.63, 3.8) is 0 Å². The number of hydrogen-bond acceptors (Lipinski definition) is 6. The molecule has 0 fully saturated rings. The van der Waals surface area contributed by atoms with Crippen molar-refractivity contribution in [2.75, 3.05) is 19.7 Å². The van der Waals surface area contributed by atoms with Crippen LogP contribution in [0.1, 0.15) is 63.8 Å². The van der Waals surface area contributed by atoms with E-state index in [1.807, 2.05) is 36.4 Å². The minimum absolute atomic E-state index is 0.00407. The van der Waals surface area contributed by atoms with E-state index in [1.165, 1.54) is 4.90 Å². The van der Waals surface area contributed by atoms with Crippen LogP contribution >= 0.6 is 0 Å². The number of nitrogens with zero attached hydrogens (tertiary/aromatic N) is 1. The lowest BCUT2D eigenvalue weighted by molar-refractivity contribution is -0.144. The monoisotopic (exact) mass is 551 g/mol. The van der Waals surface area contributed by atoms with Gasteiger partial charge in [-0.1, -0.05) is 61.2 Å². The van der Waals surface area contributed by atoms with Gasteiger partial charge in [-0.25, -0.2) is 4.79 Å². The summed E-state index contributed by atoms with van der Waals surface area (Å²) in [7, 11) is 0. The van der Waals surface area contributed by atoms with E-state index in [-0.39, 0.29) is 32.5 Å². The summed E-state index contributed by atoms with van der Waals surface area (Å²) in [6.07, 6.45) is 1.11. The molecule has 0 heterocycles. The number of ether oxygens (including phenoxy) is 2. The molecule has 2 rings (SSSR count). The summed E-state index contributed by atoms with van der Waals surface area (Å²) in [4.78, 5) is 53.7. The van der Waals surface area contributed by atoms with Crippen molar-refractivity contribution in [1.82, 2.24) is 15.5 Å². The molecule has 9 nitrogen and oxygen atoms in total. The predicted molar refractivity (Wildman–Crippen MR) is 154 cm³/mol. The Balaban J connectivity index is 2.43. The second-order valence-electron chi connectivity index (χ2n) is 10.1. The molecule has 2 aromatic rings. The first-order valence-electron chi connectivity index (χ1n) is 13.5. The van der Waals surface area contributed by atoms with Crippen molar-refractivity contribution in [2.24, 2.45) is 0 Å². The maximum atomic E-state index is 14.1. The van der Waals surface area contributed by atoms with Crippen molar-refractivity contribution in [1.29, 1.82) is 0 Å². The molecule has 0 spiro atoms. The number of benzene rings is 2. The molecule has 0 saturated heterocycles. The fourth-order valence-electron chi connectivity index (χ4n) is 4.11. The summed E-state index contributed by atoms with van der Waals surface area (Å²) < 4.78 is 10.4. The normalized spacial score (nSPS) is 12.4. The number of carbonyl (C=O) groups is 4. The van der Waals surface area contributed by atoms with Gasteiger partial charge in [0.05, 0.1) is 13.0 Å². The molecule has 0 bridgehead atoms. The smallest absolute Gasteiger partial charge is 0.408 e. The molecule has 2 N–H and O–H groups in total. The third kappa shape index (κ3) is 10.2. The second kappa shape index (κ2) is 15.5. The lowest BCUT2D eigenvalue weighted by Crippen LogP contribution is -2.53. The third-order valence-electron chi connectivity index (χ3n) is 5.85. The zero-order chi connectivity index (χ0) is 29.7. The molecule has 2 aromatic carbocycles. The second-order valence-corrected chi connectivity index (χ2v) is 10.1. The zero-order valence-corrected chi connectivity index (χ0v) is 24.1. The standard InChI is InChI=1S/C31H41N3O6/c1-7-22-16-13-17-24(20-22)27(28(36)32-19-18-26(35)39-9-3)34(8-2)29(37)25(21-23-14-11-10-12-15-23)33-30(38)40-31(4,5)6/h7,10-17,20,25,27H,1,8-9,18-19,21H2,2-6H3,(H,32,36)(H,33,38). The van der Waals surface area contributed by atoms with E-state index in [4.69, 9.17) is 9.47 Å². The van der Waals surface area contributed by atoms with Crippen LogP contribution in [-0.4, -0.2) is 60.1 Å². The summed E-state index contributed by atoms with van der Waals surface area (Å²) in [5.74, 6) is -1.34. The first-order valence-corrected chi connectivity index (χ1v) is 13.5. The SMILES string of the molecule is C=Cc1cccc(C(C(=O)NCCC(=O)OCC)N(CC)C(=O)C(Cc2ccccc2)NC(=O)OC(C)(C)C)c1. The van der Waals surface area contributed by atoms with E-state index >= 15 is 0 Å². The highest BCUT2D eigenvalue weighted by Gasteiger charge is 2.35. The molecule has 9 heteroatoms. The molecule has 0 saturated carbocycles. The summed E-state index contributed by atoms with van der Waals surface area (Å²) in [6, 6.07) is 14.4. The van der Waals surface area contributed by atoms with E-state index in [2.05, 4.69) is 17.2 Å². The summed E-state index contributed by atoms with van der Waals surface area (Å²) in [5.41, 5.74) is 1.41. The lowest BCUT2D eigenvalue weighted by atomic mass is 9.99. The number of rotatable bonds is 13. The highest BCUT2D eigenvalue weighted by atomic mass is 16.6. The van der Waals surface area contributed by atoms with Crippen LogP contribution in [0.4, 0.5) is 4.79 Å².